The van der Waals surface area contributed by atoms with Crippen molar-refractivity contribution in [3.63, 3.8) is 0 Å². The zero-order chi connectivity index (χ0) is 13.0. The first-order valence-electron chi connectivity index (χ1n) is 6.07. The third-order valence-electron chi connectivity index (χ3n) is 3.06. The summed E-state index contributed by atoms with van der Waals surface area (Å²) < 4.78 is 0. The molecule has 0 fully saturated rings. The number of rotatable bonds is 4. The predicted molar refractivity (Wildman–Crippen MR) is 75.3 cm³/mol. The summed E-state index contributed by atoms with van der Waals surface area (Å²) in [5, 5.41) is 0.652. The summed E-state index contributed by atoms with van der Waals surface area (Å²) in [5.41, 5.74) is 1.79. The Hall–Kier alpha value is -1.60. The van der Waals surface area contributed by atoms with Crippen molar-refractivity contribution in [2.45, 2.75) is 19.3 Å². The van der Waals surface area contributed by atoms with E-state index in [-0.39, 0.29) is 11.7 Å². The molecule has 0 N–H and O–H groups in total. The molecule has 0 aliphatic carbocycles. The lowest BCUT2D eigenvalue weighted by atomic mass is 9.89. The van der Waals surface area contributed by atoms with Crippen LogP contribution in [-0.2, 0) is 0 Å². The minimum absolute atomic E-state index is 0.0765. The zero-order valence-electron chi connectivity index (χ0n) is 10.3. The molecule has 0 bridgehead atoms. The standard InChI is InChI=1S/C16H15ClO/c1-2-15(12-6-4-3-5-7-12)16(18)13-8-10-14(17)11-9-13/h3-11,15H,2H2,1H3. The molecule has 0 aliphatic heterocycles. The van der Waals surface area contributed by atoms with Gasteiger partial charge in [0.15, 0.2) is 5.78 Å². The van der Waals surface area contributed by atoms with E-state index in [2.05, 4.69) is 0 Å². The Labute approximate surface area is 112 Å². The summed E-state index contributed by atoms with van der Waals surface area (Å²) in [7, 11) is 0. The van der Waals surface area contributed by atoms with Gasteiger partial charge in [-0.25, -0.2) is 0 Å². The van der Waals surface area contributed by atoms with Crippen LogP contribution < -0.4 is 0 Å². The van der Waals surface area contributed by atoms with E-state index in [1.54, 1.807) is 24.3 Å². The molecule has 92 valence electrons. The summed E-state index contributed by atoms with van der Waals surface area (Å²) in [6.45, 7) is 2.03. The fourth-order valence-corrected chi connectivity index (χ4v) is 2.20. The van der Waals surface area contributed by atoms with Crippen LogP contribution in [0.4, 0.5) is 0 Å². The first kappa shape index (κ1) is 12.8. The normalized spacial score (nSPS) is 12.1. The highest BCUT2D eigenvalue weighted by molar-refractivity contribution is 6.30. The van der Waals surface area contributed by atoms with Gasteiger partial charge in [-0.15, -0.1) is 0 Å². The molecule has 2 heteroatoms. The lowest BCUT2D eigenvalue weighted by molar-refractivity contribution is 0.0957. The van der Waals surface area contributed by atoms with Crippen LogP contribution in [0.3, 0.4) is 0 Å². The average Bonchev–Trinajstić information content (AvgIpc) is 2.41. The quantitative estimate of drug-likeness (QED) is 0.726. The predicted octanol–water partition coefficient (Wildman–Crippen LogP) is 4.72. The molecule has 0 amide bonds. The second kappa shape index (κ2) is 5.83. The van der Waals surface area contributed by atoms with Crippen LogP contribution in [0.25, 0.3) is 0 Å². The Morgan fingerprint density at radius 3 is 2.22 bits per heavy atom. The van der Waals surface area contributed by atoms with Crippen LogP contribution in [0.5, 0.6) is 0 Å². The Bertz CT molecular complexity index is 517. The average molecular weight is 259 g/mol. The highest BCUT2D eigenvalue weighted by Crippen LogP contribution is 2.24. The molecule has 2 rings (SSSR count). The van der Waals surface area contributed by atoms with E-state index in [1.165, 1.54) is 0 Å². The van der Waals surface area contributed by atoms with E-state index in [0.717, 1.165) is 17.5 Å². The summed E-state index contributed by atoms with van der Waals surface area (Å²) in [6, 6.07) is 17.0. The van der Waals surface area contributed by atoms with Gasteiger partial charge in [-0.05, 0) is 36.2 Å². The van der Waals surface area contributed by atoms with Gasteiger partial charge in [0.25, 0.3) is 0 Å². The van der Waals surface area contributed by atoms with Gasteiger partial charge in [-0.1, -0.05) is 48.9 Å². The fourth-order valence-electron chi connectivity index (χ4n) is 2.07. The molecule has 1 atom stereocenters. The van der Waals surface area contributed by atoms with Crippen LogP contribution >= 0.6 is 11.6 Å². The van der Waals surface area contributed by atoms with E-state index in [9.17, 15) is 4.79 Å². The van der Waals surface area contributed by atoms with E-state index in [1.807, 2.05) is 37.3 Å². The Morgan fingerprint density at radius 1 is 1.06 bits per heavy atom. The Balaban J connectivity index is 2.28. The van der Waals surface area contributed by atoms with Gasteiger partial charge < -0.3 is 0 Å². The number of ketones is 1. The van der Waals surface area contributed by atoms with Crippen LogP contribution in [0, 0.1) is 0 Å². The molecule has 1 unspecified atom stereocenters. The van der Waals surface area contributed by atoms with E-state index < -0.39 is 0 Å². The van der Waals surface area contributed by atoms with Crippen molar-refractivity contribution in [3.8, 4) is 0 Å². The number of halogens is 1. The monoisotopic (exact) mass is 258 g/mol. The number of hydrogen-bond acceptors (Lipinski definition) is 1. The maximum absolute atomic E-state index is 12.4. The molecule has 18 heavy (non-hydrogen) atoms. The molecular formula is C16H15ClO. The molecule has 0 heterocycles. The van der Waals surface area contributed by atoms with Crippen molar-refractivity contribution >= 4 is 17.4 Å². The van der Waals surface area contributed by atoms with Crippen LogP contribution in [0.15, 0.2) is 54.6 Å². The molecule has 0 aromatic heterocycles. The van der Waals surface area contributed by atoms with Crippen molar-refractivity contribution < 1.29 is 4.79 Å². The van der Waals surface area contributed by atoms with Crippen molar-refractivity contribution in [1.82, 2.24) is 0 Å². The highest BCUT2D eigenvalue weighted by atomic mass is 35.5. The lowest BCUT2D eigenvalue weighted by Gasteiger charge is -2.14. The molecule has 2 aromatic rings. The van der Waals surface area contributed by atoms with Gasteiger partial charge >= 0.3 is 0 Å². The van der Waals surface area contributed by atoms with Gasteiger partial charge in [-0.2, -0.15) is 0 Å². The van der Waals surface area contributed by atoms with E-state index >= 15 is 0 Å². The summed E-state index contributed by atoms with van der Waals surface area (Å²) in [6.07, 6.45) is 0.797. The minimum atomic E-state index is -0.0765. The molecule has 0 saturated heterocycles. The van der Waals surface area contributed by atoms with E-state index in [4.69, 9.17) is 11.6 Å². The van der Waals surface area contributed by atoms with Crippen molar-refractivity contribution in [2.75, 3.05) is 0 Å². The largest absolute Gasteiger partial charge is 0.293 e. The smallest absolute Gasteiger partial charge is 0.170 e. The Kier molecular flexibility index (Phi) is 4.16. The first-order chi connectivity index (χ1) is 8.72. The number of Topliss-reactive ketones (excluding diaryl/α,β-unsaturated/α-hetero) is 1. The Morgan fingerprint density at radius 2 is 1.67 bits per heavy atom. The summed E-state index contributed by atoms with van der Waals surface area (Å²) >= 11 is 5.84. The molecular weight excluding hydrogens is 244 g/mol. The van der Waals surface area contributed by atoms with Gasteiger partial charge in [0.05, 0.1) is 0 Å². The topological polar surface area (TPSA) is 17.1 Å². The number of carbonyl (C=O) groups is 1. The maximum Gasteiger partial charge on any atom is 0.170 e. The van der Waals surface area contributed by atoms with E-state index in [0.29, 0.717) is 5.02 Å². The van der Waals surface area contributed by atoms with Crippen molar-refractivity contribution in [2.24, 2.45) is 0 Å². The van der Waals surface area contributed by atoms with Crippen LogP contribution in [-0.4, -0.2) is 5.78 Å². The molecule has 0 spiro atoms. The van der Waals surface area contributed by atoms with Gasteiger partial charge in [0, 0.05) is 16.5 Å². The number of hydrogen-bond donors (Lipinski definition) is 0. The molecule has 1 nitrogen and oxygen atoms in total. The molecule has 0 aliphatic rings. The van der Waals surface area contributed by atoms with Crippen molar-refractivity contribution in [1.29, 1.82) is 0 Å². The van der Waals surface area contributed by atoms with Gasteiger partial charge in [0.2, 0.25) is 0 Å². The van der Waals surface area contributed by atoms with Gasteiger partial charge in [-0.3, -0.25) is 4.79 Å². The third-order valence-corrected chi connectivity index (χ3v) is 3.31. The maximum atomic E-state index is 12.4. The minimum Gasteiger partial charge on any atom is -0.293 e. The second-order valence-electron chi connectivity index (χ2n) is 4.24. The first-order valence-corrected chi connectivity index (χ1v) is 6.45. The van der Waals surface area contributed by atoms with Crippen molar-refractivity contribution in [3.05, 3.63) is 70.7 Å². The number of carbonyl (C=O) groups excluding carboxylic acids is 1. The highest BCUT2D eigenvalue weighted by Gasteiger charge is 2.19. The zero-order valence-corrected chi connectivity index (χ0v) is 11.0. The van der Waals surface area contributed by atoms with Gasteiger partial charge in [0.1, 0.15) is 0 Å². The molecule has 0 saturated carbocycles. The second-order valence-corrected chi connectivity index (χ2v) is 4.68. The lowest BCUT2D eigenvalue weighted by Crippen LogP contribution is -2.12. The summed E-state index contributed by atoms with van der Waals surface area (Å²) in [4.78, 5) is 12.4. The third kappa shape index (κ3) is 2.80. The fraction of sp³-hybridized carbons (Fsp3) is 0.188. The van der Waals surface area contributed by atoms with Crippen LogP contribution in [0.1, 0.15) is 35.2 Å². The van der Waals surface area contributed by atoms with Crippen LogP contribution in [0.2, 0.25) is 5.02 Å². The molecule has 0 radical (unpaired) electrons. The molecule has 2 aromatic carbocycles. The number of benzene rings is 2. The summed E-state index contributed by atoms with van der Waals surface area (Å²) in [5.74, 6) is 0.0766. The SMILES string of the molecule is CCC(C(=O)c1ccc(Cl)cc1)c1ccccc1.